The van der Waals surface area contributed by atoms with E-state index in [1.165, 1.54) is 5.01 Å². The molecule has 0 aromatic carbocycles. The topological polar surface area (TPSA) is 102 Å². The highest BCUT2D eigenvalue weighted by molar-refractivity contribution is 6.01. The van der Waals surface area contributed by atoms with Crippen LogP contribution in [-0.4, -0.2) is 31.3 Å². The molecule has 30 heavy (non-hydrogen) atoms. The van der Waals surface area contributed by atoms with E-state index in [0.717, 1.165) is 16.9 Å². The second-order valence-electron chi connectivity index (χ2n) is 8.06. The third kappa shape index (κ3) is 3.78. The van der Waals surface area contributed by atoms with Crippen LogP contribution in [0.15, 0.2) is 36.7 Å². The Hall–Kier alpha value is -3.26. The fraction of sp³-hybridized carbons (Fsp3) is 0.286. The second kappa shape index (κ2) is 7.53. The Morgan fingerprint density at radius 1 is 1.10 bits per heavy atom. The molecule has 0 atom stereocenters. The number of amides is 1. The average Bonchev–Trinajstić information content (AvgIpc) is 3.16. The Balaban J connectivity index is 0.00000256. The van der Waals surface area contributed by atoms with Gasteiger partial charge in [-0.25, -0.2) is 19.4 Å². The first-order chi connectivity index (χ1) is 13.6. The molecule has 0 bridgehead atoms. The number of halogens is 1. The summed E-state index contributed by atoms with van der Waals surface area (Å²) in [7, 11) is 0. The molecule has 158 valence electrons. The lowest BCUT2D eigenvalue weighted by molar-refractivity contribution is 0.0566. The fourth-order valence-corrected chi connectivity index (χ4v) is 3.23. The molecular formula is C21H25ClN6O2. The van der Waals surface area contributed by atoms with Gasteiger partial charge in [0.25, 0.3) is 0 Å². The van der Waals surface area contributed by atoms with E-state index in [2.05, 4.69) is 15.0 Å². The number of H-pyrrole nitrogens is 1. The van der Waals surface area contributed by atoms with Crippen LogP contribution in [0.3, 0.4) is 0 Å². The highest BCUT2D eigenvalue weighted by Crippen LogP contribution is 2.31. The fourth-order valence-electron chi connectivity index (χ4n) is 3.23. The highest BCUT2D eigenvalue weighted by Gasteiger charge is 2.29. The summed E-state index contributed by atoms with van der Waals surface area (Å²) in [6, 6.07) is 7.61. The molecule has 4 heterocycles. The van der Waals surface area contributed by atoms with Crippen molar-refractivity contribution in [1.29, 1.82) is 0 Å². The zero-order valence-electron chi connectivity index (χ0n) is 17.6. The van der Waals surface area contributed by atoms with E-state index < -0.39 is 11.7 Å². The largest absolute Gasteiger partial charge is 0.442 e. The van der Waals surface area contributed by atoms with Crippen LogP contribution in [0.4, 0.5) is 16.2 Å². The number of nitrogens with one attached hydrogen (secondary N) is 1. The molecule has 4 rings (SSSR count). The molecule has 0 aliphatic rings. The number of aryl methyl sites for hydroxylation is 2. The number of rotatable bonds is 2. The molecule has 3 N–H and O–H groups in total. The van der Waals surface area contributed by atoms with E-state index in [-0.39, 0.29) is 12.4 Å². The summed E-state index contributed by atoms with van der Waals surface area (Å²) in [5.41, 5.74) is 11.1. The van der Waals surface area contributed by atoms with E-state index in [1.54, 1.807) is 17.1 Å². The Bertz CT molecular complexity index is 1240. The zero-order valence-corrected chi connectivity index (χ0v) is 18.4. The summed E-state index contributed by atoms with van der Waals surface area (Å²) in [5.74, 6) is 0. The number of anilines is 2. The van der Waals surface area contributed by atoms with Crippen molar-refractivity contribution in [3.63, 3.8) is 0 Å². The Morgan fingerprint density at radius 3 is 2.40 bits per heavy atom. The first-order valence-electron chi connectivity index (χ1n) is 9.36. The molecule has 9 heteroatoms. The summed E-state index contributed by atoms with van der Waals surface area (Å²) in [6.45, 7) is 9.28. The van der Waals surface area contributed by atoms with Gasteiger partial charge in [-0.1, -0.05) is 0 Å². The normalized spacial score (nSPS) is 11.5. The van der Waals surface area contributed by atoms with Crippen molar-refractivity contribution in [3.8, 4) is 0 Å². The van der Waals surface area contributed by atoms with Gasteiger partial charge in [0, 0.05) is 17.6 Å². The lowest BCUT2D eigenvalue weighted by Crippen LogP contribution is -2.40. The van der Waals surface area contributed by atoms with Gasteiger partial charge in [0.15, 0.2) is 0 Å². The van der Waals surface area contributed by atoms with Gasteiger partial charge in [0.2, 0.25) is 0 Å². The van der Waals surface area contributed by atoms with E-state index in [0.29, 0.717) is 27.9 Å². The summed E-state index contributed by atoms with van der Waals surface area (Å²) in [5, 5.41) is 1.44. The van der Waals surface area contributed by atoms with Crippen LogP contribution >= 0.6 is 12.4 Å². The lowest BCUT2D eigenvalue weighted by atomic mass is 10.2. The number of carbonyl (C=O) groups is 1. The molecule has 8 nitrogen and oxygen atoms in total. The van der Waals surface area contributed by atoms with Gasteiger partial charge >= 0.3 is 6.09 Å². The molecule has 0 fully saturated rings. The van der Waals surface area contributed by atoms with Gasteiger partial charge in [-0.05, 0) is 58.9 Å². The maximum Gasteiger partial charge on any atom is 0.434 e. The van der Waals surface area contributed by atoms with E-state index in [1.807, 2.05) is 58.9 Å². The number of hydrogen-bond donors (Lipinski definition) is 2. The Kier molecular flexibility index (Phi) is 5.38. The number of aromatic amines is 1. The van der Waals surface area contributed by atoms with Gasteiger partial charge < -0.3 is 15.5 Å². The second-order valence-corrected chi connectivity index (χ2v) is 8.06. The van der Waals surface area contributed by atoms with Gasteiger partial charge in [-0.3, -0.25) is 0 Å². The van der Waals surface area contributed by atoms with Crippen LogP contribution in [0.2, 0.25) is 0 Å². The number of hydrogen-bond acceptors (Lipinski definition) is 5. The number of pyridine rings is 2. The SMILES string of the molecule is Cc1ccc2[nH]cc(N(C(=O)OC(C)(C)C)n3cc(N)c4nc(C)ccc43)c2n1.Cl. The molecule has 4 aromatic rings. The summed E-state index contributed by atoms with van der Waals surface area (Å²) in [4.78, 5) is 25.6. The van der Waals surface area contributed by atoms with Crippen molar-refractivity contribution in [2.75, 3.05) is 10.7 Å². The van der Waals surface area contributed by atoms with Crippen LogP contribution < -0.4 is 10.7 Å². The first-order valence-corrected chi connectivity index (χ1v) is 9.36. The molecule has 0 saturated heterocycles. The monoisotopic (exact) mass is 428 g/mol. The van der Waals surface area contributed by atoms with E-state index in [9.17, 15) is 4.79 Å². The van der Waals surface area contributed by atoms with Crippen LogP contribution in [0.5, 0.6) is 0 Å². The minimum Gasteiger partial charge on any atom is -0.442 e. The standard InChI is InChI=1S/C21H24N6O2.ClH/c1-12-6-8-15-19(25-12)17(10-23-15)27(20(28)29-21(3,4)5)26-11-14(22)18-16(26)9-7-13(2)24-18;/h6-11,23H,22H2,1-5H3;1H. The van der Waals surface area contributed by atoms with Crippen LogP contribution in [0, 0.1) is 13.8 Å². The van der Waals surface area contributed by atoms with Crippen molar-refractivity contribution < 1.29 is 9.53 Å². The summed E-state index contributed by atoms with van der Waals surface area (Å²) < 4.78 is 7.37. The van der Waals surface area contributed by atoms with Crippen molar-refractivity contribution in [3.05, 3.63) is 48.0 Å². The third-order valence-electron chi connectivity index (χ3n) is 4.45. The summed E-state index contributed by atoms with van der Waals surface area (Å²) in [6.07, 6.45) is 2.87. The number of nitrogens with two attached hydrogens (primary N) is 1. The predicted octanol–water partition coefficient (Wildman–Crippen LogP) is 4.74. The Morgan fingerprint density at radius 2 is 1.73 bits per heavy atom. The van der Waals surface area contributed by atoms with Crippen LogP contribution in [0.25, 0.3) is 22.1 Å². The Labute approximate surface area is 180 Å². The molecule has 4 aromatic heterocycles. The molecule has 0 saturated carbocycles. The van der Waals surface area contributed by atoms with Gasteiger partial charge in [0.05, 0.1) is 22.9 Å². The summed E-state index contributed by atoms with van der Waals surface area (Å²) >= 11 is 0. The van der Waals surface area contributed by atoms with E-state index in [4.69, 9.17) is 10.5 Å². The van der Waals surface area contributed by atoms with Crippen molar-refractivity contribution >= 4 is 51.9 Å². The smallest absolute Gasteiger partial charge is 0.434 e. The van der Waals surface area contributed by atoms with Crippen molar-refractivity contribution in [2.24, 2.45) is 0 Å². The number of fused-ring (bicyclic) bond motifs is 2. The zero-order chi connectivity index (χ0) is 20.9. The minimum absolute atomic E-state index is 0. The first kappa shape index (κ1) is 21.4. The minimum atomic E-state index is -0.672. The highest BCUT2D eigenvalue weighted by atomic mass is 35.5. The van der Waals surface area contributed by atoms with Crippen molar-refractivity contribution in [1.82, 2.24) is 19.6 Å². The molecule has 0 spiro atoms. The predicted molar refractivity (Wildman–Crippen MR) is 121 cm³/mol. The van der Waals surface area contributed by atoms with Crippen molar-refractivity contribution in [2.45, 2.75) is 40.2 Å². The van der Waals surface area contributed by atoms with Gasteiger partial charge in [0.1, 0.15) is 22.3 Å². The number of nitrogen functional groups attached to an aromatic ring is 1. The molecule has 0 aliphatic heterocycles. The van der Waals surface area contributed by atoms with Gasteiger partial charge in [-0.15, -0.1) is 12.4 Å². The number of nitrogens with zero attached hydrogens (tertiary/aromatic N) is 4. The molecule has 1 amide bonds. The molecular weight excluding hydrogens is 404 g/mol. The number of aromatic nitrogens is 4. The number of carbonyl (C=O) groups excluding carboxylic acids is 1. The maximum atomic E-state index is 13.3. The average molecular weight is 429 g/mol. The molecule has 0 aliphatic carbocycles. The molecule has 0 radical (unpaired) electrons. The lowest BCUT2D eigenvalue weighted by Gasteiger charge is -2.28. The van der Waals surface area contributed by atoms with Crippen LogP contribution in [-0.2, 0) is 4.74 Å². The molecule has 0 unspecified atom stereocenters. The van der Waals surface area contributed by atoms with Crippen LogP contribution in [0.1, 0.15) is 32.2 Å². The van der Waals surface area contributed by atoms with Gasteiger partial charge in [-0.2, -0.15) is 5.01 Å². The number of ether oxygens (including phenoxy) is 1. The quantitative estimate of drug-likeness (QED) is 0.480. The third-order valence-corrected chi connectivity index (χ3v) is 4.45. The maximum absolute atomic E-state index is 13.3. The van der Waals surface area contributed by atoms with E-state index >= 15 is 0 Å².